The van der Waals surface area contributed by atoms with Crippen LogP contribution in [0.15, 0.2) is 18.3 Å². The number of piperidine rings is 1. The van der Waals surface area contributed by atoms with Gasteiger partial charge in [-0.2, -0.15) is 0 Å². The van der Waals surface area contributed by atoms with Gasteiger partial charge in [-0.15, -0.1) is 0 Å². The standard InChI is InChI=1S/C34H46N2O5/c1-7-28(38)27-17-34-14-12-30(39)33(5,6)13-10-8-9-11-23-15-24(41-21(2)3)16-25-26(22(4)37)19-35(32(23)25)20-31(40)36(27)29(34)18-34/h15-16,19,21,27,29H,7-14,17-18,20H2,1-6H3/t27-,29+,34-/m0/s1. The lowest BCUT2D eigenvalue weighted by atomic mass is 9.79. The number of hydrogen-bond acceptors (Lipinski definition) is 5. The van der Waals surface area contributed by atoms with E-state index in [0.717, 1.165) is 67.2 Å². The molecule has 2 bridgehead atoms. The molecule has 3 heterocycles. The van der Waals surface area contributed by atoms with E-state index in [1.165, 1.54) is 0 Å². The molecule has 0 radical (unpaired) electrons. The fourth-order valence-corrected chi connectivity index (χ4v) is 7.43. The van der Waals surface area contributed by atoms with E-state index in [9.17, 15) is 19.2 Å². The summed E-state index contributed by atoms with van der Waals surface area (Å²) < 4.78 is 8.02. The van der Waals surface area contributed by atoms with Crippen molar-refractivity contribution in [1.29, 1.82) is 0 Å². The number of carbonyl (C=O) groups excluding carboxylic acids is 4. The number of amides is 1. The van der Waals surface area contributed by atoms with Gasteiger partial charge in [-0.25, -0.2) is 0 Å². The molecular formula is C34H46N2O5. The number of hydrogen-bond donors (Lipinski definition) is 0. The molecule has 1 aliphatic carbocycles. The molecule has 3 atom stereocenters. The number of carbonyl (C=O) groups is 4. The minimum atomic E-state index is -0.437. The van der Waals surface area contributed by atoms with E-state index >= 15 is 0 Å². The van der Waals surface area contributed by atoms with Gasteiger partial charge in [-0.1, -0.05) is 33.6 Å². The summed E-state index contributed by atoms with van der Waals surface area (Å²) in [6, 6.07) is 3.55. The average molecular weight is 563 g/mol. The summed E-state index contributed by atoms with van der Waals surface area (Å²) in [7, 11) is 0. The molecule has 1 aromatic carbocycles. The topological polar surface area (TPSA) is 85.7 Å². The first kappa shape index (κ1) is 29.5. The minimum Gasteiger partial charge on any atom is -0.491 e. The number of aryl methyl sites for hydroxylation is 1. The van der Waals surface area contributed by atoms with Crippen LogP contribution in [0.3, 0.4) is 0 Å². The maximum atomic E-state index is 14.1. The molecule has 1 amide bonds. The number of rotatable bonds is 5. The highest BCUT2D eigenvalue weighted by molar-refractivity contribution is 6.08. The number of ketones is 3. The normalized spacial score (nSPS) is 26.7. The Balaban J connectivity index is 1.59. The van der Waals surface area contributed by atoms with Crippen molar-refractivity contribution in [3.05, 3.63) is 29.5 Å². The monoisotopic (exact) mass is 562 g/mol. The van der Waals surface area contributed by atoms with Gasteiger partial charge in [0.05, 0.1) is 17.7 Å². The van der Waals surface area contributed by atoms with Gasteiger partial charge < -0.3 is 14.2 Å². The SMILES string of the molecule is CCC(=O)[C@@H]1C[C@]23CCC(=O)C(C)(C)CCCCCc4cc(OC(C)C)cc5c(C(C)=O)cn(c45)CC(=O)N1[C@@H]2C3. The first-order chi connectivity index (χ1) is 19.4. The molecule has 0 spiro atoms. The second-order valence-electron chi connectivity index (χ2n) is 13.7. The highest BCUT2D eigenvalue weighted by Crippen LogP contribution is 2.62. The molecule has 2 fully saturated rings. The third-order valence-electron chi connectivity index (χ3n) is 9.86. The smallest absolute Gasteiger partial charge is 0.243 e. The van der Waals surface area contributed by atoms with Crippen molar-refractivity contribution in [2.45, 2.75) is 130 Å². The molecule has 2 aliphatic heterocycles. The van der Waals surface area contributed by atoms with Crippen molar-refractivity contribution in [2.75, 3.05) is 0 Å². The van der Waals surface area contributed by atoms with Crippen molar-refractivity contribution in [1.82, 2.24) is 9.47 Å². The summed E-state index contributed by atoms with van der Waals surface area (Å²) in [5, 5.41) is 0.812. The predicted molar refractivity (Wildman–Crippen MR) is 159 cm³/mol. The largest absolute Gasteiger partial charge is 0.491 e. The number of aromatic nitrogens is 1. The van der Waals surface area contributed by atoms with Crippen molar-refractivity contribution in [2.24, 2.45) is 10.8 Å². The van der Waals surface area contributed by atoms with E-state index in [1.807, 2.05) is 42.5 Å². The lowest BCUT2D eigenvalue weighted by Gasteiger charge is -2.27. The molecular weight excluding hydrogens is 516 g/mol. The van der Waals surface area contributed by atoms with Crippen LogP contribution in [0.4, 0.5) is 0 Å². The highest BCUT2D eigenvalue weighted by Gasteiger charge is 2.66. The second kappa shape index (κ2) is 11.0. The van der Waals surface area contributed by atoms with Crippen molar-refractivity contribution >= 4 is 34.2 Å². The van der Waals surface area contributed by atoms with Gasteiger partial charge in [0.1, 0.15) is 18.1 Å². The third-order valence-corrected chi connectivity index (χ3v) is 9.86. The molecule has 7 heteroatoms. The highest BCUT2D eigenvalue weighted by atomic mass is 16.5. The number of benzene rings is 1. The van der Waals surface area contributed by atoms with Gasteiger partial charge in [0.15, 0.2) is 11.6 Å². The molecule has 2 aromatic rings. The second-order valence-corrected chi connectivity index (χ2v) is 13.7. The fourth-order valence-electron chi connectivity index (χ4n) is 7.43. The lowest BCUT2D eigenvalue weighted by molar-refractivity contribution is -0.139. The molecule has 1 saturated carbocycles. The van der Waals surface area contributed by atoms with Gasteiger partial charge in [0.2, 0.25) is 5.91 Å². The molecule has 0 unspecified atom stereocenters. The van der Waals surface area contributed by atoms with Gasteiger partial charge in [-0.05, 0) is 82.4 Å². The Morgan fingerprint density at radius 1 is 1.05 bits per heavy atom. The van der Waals surface area contributed by atoms with E-state index in [1.54, 1.807) is 6.92 Å². The van der Waals surface area contributed by atoms with Crippen molar-refractivity contribution in [3.8, 4) is 5.75 Å². The van der Waals surface area contributed by atoms with Crippen LogP contribution in [0, 0.1) is 10.8 Å². The molecule has 1 aromatic heterocycles. The zero-order chi connectivity index (χ0) is 29.7. The van der Waals surface area contributed by atoms with Crippen LogP contribution in [-0.2, 0) is 27.3 Å². The van der Waals surface area contributed by atoms with Gasteiger partial charge in [0.25, 0.3) is 0 Å². The lowest BCUT2D eigenvalue weighted by Crippen LogP contribution is -2.44. The molecule has 5 rings (SSSR count). The maximum absolute atomic E-state index is 14.1. The molecule has 1 saturated heterocycles. The Labute approximate surface area is 244 Å². The van der Waals surface area contributed by atoms with E-state index in [4.69, 9.17) is 4.74 Å². The van der Waals surface area contributed by atoms with Crippen LogP contribution in [0.5, 0.6) is 5.75 Å². The van der Waals surface area contributed by atoms with Crippen LogP contribution in [0.2, 0.25) is 0 Å². The van der Waals surface area contributed by atoms with Crippen LogP contribution < -0.4 is 4.74 Å². The van der Waals surface area contributed by atoms with Gasteiger partial charge in [-0.3, -0.25) is 19.2 Å². The summed E-state index contributed by atoms with van der Waals surface area (Å²) in [5.74, 6) is 0.964. The Hall–Kier alpha value is -2.96. The van der Waals surface area contributed by atoms with Crippen molar-refractivity contribution in [3.63, 3.8) is 0 Å². The number of Topliss-reactive ketones (excluding diaryl/α,β-unsaturated/α-hetero) is 3. The molecule has 41 heavy (non-hydrogen) atoms. The van der Waals surface area contributed by atoms with E-state index in [2.05, 4.69) is 19.9 Å². The Bertz CT molecular complexity index is 1390. The van der Waals surface area contributed by atoms with E-state index in [0.29, 0.717) is 24.8 Å². The zero-order valence-corrected chi connectivity index (χ0v) is 25.7. The third kappa shape index (κ3) is 5.61. The van der Waals surface area contributed by atoms with Gasteiger partial charge in [0, 0.05) is 41.4 Å². The average Bonchev–Trinajstić information content (AvgIpc) is 3.31. The number of nitrogens with zero attached hydrogens (tertiary/aromatic N) is 2. The molecule has 7 nitrogen and oxygen atoms in total. The van der Waals surface area contributed by atoms with E-state index < -0.39 is 6.04 Å². The summed E-state index contributed by atoms with van der Waals surface area (Å²) >= 11 is 0. The summed E-state index contributed by atoms with van der Waals surface area (Å²) in [5.41, 5.74) is 2.02. The van der Waals surface area contributed by atoms with Crippen molar-refractivity contribution < 1.29 is 23.9 Å². The number of ether oxygens (including phenoxy) is 1. The van der Waals surface area contributed by atoms with Crippen LogP contribution >= 0.6 is 0 Å². The zero-order valence-electron chi connectivity index (χ0n) is 25.7. The summed E-state index contributed by atoms with van der Waals surface area (Å²) in [6.45, 7) is 11.6. The van der Waals surface area contributed by atoms with E-state index in [-0.39, 0.29) is 52.8 Å². The minimum absolute atomic E-state index is 0.00159. The summed E-state index contributed by atoms with van der Waals surface area (Å²) in [4.78, 5) is 55.1. The molecule has 222 valence electrons. The first-order valence-corrected chi connectivity index (χ1v) is 15.6. The first-order valence-electron chi connectivity index (χ1n) is 15.6. The predicted octanol–water partition coefficient (Wildman–Crippen LogP) is 6.46. The Morgan fingerprint density at radius 3 is 2.49 bits per heavy atom. The van der Waals surface area contributed by atoms with Gasteiger partial charge >= 0.3 is 0 Å². The molecule has 0 N–H and O–H groups in total. The van der Waals surface area contributed by atoms with Crippen LogP contribution in [-0.4, -0.2) is 50.9 Å². The van der Waals surface area contributed by atoms with Crippen LogP contribution in [0.1, 0.15) is 115 Å². The summed E-state index contributed by atoms with van der Waals surface area (Å²) in [6.07, 6.45) is 9.45. The maximum Gasteiger partial charge on any atom is 0.243 e. The Kier molecular flexibility index (Phi) is 7.95. The Morgan fingerprint density at radius 2 is 1.80 bits per heavy atom. The van der Waals surface area contributed by atoms with Crippen LogP contribution in [0.25, 0.3) is 10.9 Å². The molecule has 3 aliphatic rings. The fraction of sp³-hybridized carbons (Fsp3) is 0.647. The quantitative estimate of drug-likeness (QED) is 0.390.